The first-order valence-corrected chi connectivity index (χ1v) is 8.33. The van der Waals surface area contributed by atoms with Crippen molar-refractivity contribution in [3.63, 3.8) is 0 Å². The second kappa shape index (κ2) is 5.74. The minimum absolute atomic E-state index is 0.166. The molecule has 3 aliphatic rings. The summed E-state index contributed by atoms with van der Waals surface area (Å²) in [7, 11) is 0. The van der Waals surface area contributed by atoms with Gasteiger partial charge in [0.05, 0.1) is 5.92 Å². The molecule has 1 aromatic carbocycles. The van der Waals surface area contributed by atoms with Crippen molar-refractivity contribution in [2.75, 3.05) is 37.6 Å². The fourth-order valence-corrected chi connectivity index (χ4v) is 4.24. The number of amides is 1. The average Bonchev–Trinajstić information content (AvgIpc) is 3.13. The third kappa shape index (κ3) is 2.69. The van der Waals surface area contributed by atoms with Crippen molar-refractivity contribution >= 4 is 11.6 Å². The van der Waals surface area contributed by atoms with Gasteiger partial charge >= 0.3 is 0 Å². The third-order valence-corrected chi connectivity index (χ3v) is 5.59. The lowest BCUT2D eigenvalue weighted by molar-refractivity contribution is -0.122. The summed E-state index contributed by atoms with van der Waals surface area (Å²) >= 11 is 0. The summed E-state index contributed by atoms with van der Waals surface area (Å²) in [6.07, 6.45) is 2.00. The van der Waals surface area contributed by atoms with Crippen molar-refractivity contribution in [2.45, 2.75) is 18.9 Å². The van der Waals surface area contributed by atoms with Gasteiger partial charge in [0.25, 0.3) is 0 Å². The van der Waals surface area contributed by atoms with Gasteiger partial charge in [-0.3, -0.25) is 9.69 Å². The molecule has 3 saturated heterocycles. The Balaban J connectivity index is 1.36. The van der Waals surface area contributed by atoms with Gasteiger partial charge in [-0.1, -0.05) is 0 Å². The zero-order valence-electron chi connectivity index (χ0n) is 13.0. The number of carbonyl (C=O) groups excluding carboxylic acids is 1. The molecule has 0 bridgehead atoms. The molecule has 23 heavy (non-hydrogen) atoms. The zero-order valence-corrected chi connectivity index (χ0v) is 13.0. The summed E-state index contributed by atoms with van der Waals surface area (Å²) in [4.78, 5) is 16.3. The normalized spacial score (nSPS) is 29.0. The number of piperidine rings is 1. The van der Waals surface area contributed by atoms with Crippen molar-refractivity contribution in [2.24, 2.45) is 11.8 Å². The lowest BCUT2D eigenvalue weighted by Gasteiger charge is -2.38. The van der Waals surface area contributed by atoms with Gasteiger partial charge in [-0.25, -0.2) is 8.78 Å². The van der Waals surface area contributed by atoms with Crippen LogP contribution < -0.4 is 10.2 Å². The van der Waals surface area contributed by atoms with Crippen molar-refractivity contribution in [1.82, 2.24) is 10.2 Å². The number of rotatable bonds is 2. The van der Waals surface area contributed by atoms with Crippen LogP contribution in [0.3, 0.4) is 0 Å². The standard InChI is InChI=1S/C17H21F2N3O/c18-15-2-1-13(7-16(15)19)21-5-3-12(4-6-21)22-9-11-8-20-17(23)14(11)10-22/h1-2,7,11-12,14H,3-6,8-10H2,(H,20,23)/t11-,14+/m0/s1. The summed E-state index contributed by atoms with van der Waals surface area (Å²) < 4.78 is 26.4. The molecular formula is C17H21F2N3O. The minimum atomic E-state index is -0.800. The van der Waals surface area contributed by atoms with E-state index >= 15 is 0 Å². The fraction of sp³-hybridized carbons (Fsp3) is 0.588. The number of hydrogen-bond acceptors (Lipinski definition) is 3. The molecule has 3 aliphatic heterocycles. The molecular weight excluding hydrogens is 300 g/mol. The van der Waals surface area contributed by atoms with Crippen LogP contribution >= 0.6 is 0 Å². The number of nitrogens with zero attached hydrogens (tertiary/aromatic N) is 2. The Morgan fingerprint density at radius 1 is 1.09 bits per heavy atom. The quantitative estimate of drug-likeness (QED) is 0.899. The average molecular weight is 321 g/mol. The largest absolute Gasteiger partial charge is 0.371 e. The van der Waals surface area contributed by atoms with Crippen LogP contribution in [-0.2, 0) is 4.79 Å². The van der Waals surface area contributed by atoms with Gasteiger partial charge in [0.15, 0.2) is 11.6 Å². The SMILES string of the molecule is O=C1NC[C@H]2CN(C3CCN(c4ccc(F)c(F)c4)CC3)C[C@@H]12. The molecule has 4 nitrogen and oxygen atoms in total. The van der Waals surface area contributed by atoms with E-state index in [2.05, 4.69) is 15.1 Å². The van der Waals surface area contributed by atoms with E-state index in [1.807, 2.05) is 0 Å². The van der Waals surface area contributed by atoms with E-state index in [1.54, 1.807) is 6.07 Å². The summed E-state index contributed by atoms with van der Waals surface area (Å²) in [6.45, 7) is 4.36. The Bertz CT molecular complexity index is 616. The number of carbonyl (C=O) groups is 1. The molecule has 2 atom stereocenters. The third-order valence-electron chi connectivity index (χ3n) is 5.59. The molecule has 0 aromatic heterocycles. The van der Waals surface area contributed by atoms with E-state index in [0.717, 1.165) is 51.3 Å². The van der Waals surface area contributed by atoms with E-state index < -0.39 is 11.6 Å². The van der Waals surface area contributed by atoms with Crippen LogP contribution in [0, 0.1) is 23.5 Å². The highest BCUT2D eigenvalue weighted by Gasteiger charge is 2.44. The molecule has 0 spiro atoms. The maximum Gasteiger partial charge on any atom is 0.224 e. The Labute approximate surface area is 134 Å². The molecule has 0 unspecified atom stereocenters. The Morgan fingerprint density at radius 2 is 1.87 bits per heavy atom. The molecule has 1 N–H and O–H groups in total. The molecule has 0 saturated carbocycles. The number of likely N-dealkylation sites (tertiary alicyclic amines) is 1. The predicted octanol–water partition coefficient (Wildman–Crippen LogP) is 1.61. The fourth-order valence-electron chi connectivity index (χ4n) is 4.24. The molecule has 3 fully saturated rings. The monoisotopic (exact) mass is 321 g/mol. The number of halogens is 2. The maximum absolute atomic E-state index is 13.4. The van der Waals surface area contributed by atoms with E-state index in [-0.39, 0.29) is 11.8 Å². The first-order chi connectivity index (χ1) is 11.1. The number of anilines is 1. The maximum atomic E-state index is 13.4. The van der Waals surface area contributed by atoms with Gasteiger partial charge < -0.3 is 10.2 Å². The van der Waals surface area contributed by atoms with Gasteiger partial charge in [-0.15, -0.1) is 0 Å². The Hall–Kier alpha value is -1.69. The lowest BCUT2D eigenvalue weighted by atomic mass is 10.0. The Morgan fingerprint density at radius 3 is 2.57 bits per heavy atom. The number of fused-ring (bicyclic) bond motifs is 1. The van der Waals surface area contributed by atoms with E-state index in [1.165, 1.54) is 12.1 Å². The molecule has 1 aromatic rings. The van der Waals surface area contributed by atoms with Crippen LogP contribution in [0.15, 0.2) is 18.2 Å². The van der Waals surface area contributed by atoms with E-state index in [0.29, 0.717) is 12.0 Å². The molecule has 0 radical (unpaired) electrons. The van der Waals surface area contributed by atoms with Crippen LogP contribution in [0.1, 0.15) is 12.8 Å². The summed E-state index contributed by atoms with van der Waals surface area (Å²) in [5, 5.41) is 2.94. The smallest absolute Gasteiger partial charge is 0.224 e. The van der Waals surface area contributed by atoms with Crippen LogP contribution in [-0.4, -0.2) is 49.6 Å². The molecule has 4 rings (SSSR count). The molecule has 124 valence electrons. The molecule has 0 aliphatic carbocycles. The van der Waals surface area contributed by atoms with Gasteiger partial charge in [0, 0.05) is 56.4 Å². The first kappa shape index (κ1) is 14.9. The highest BCUT2D eigenvalue weighted by Crippen LogP contribution is 2.32. The van der Waals surface area contributed by atoms with Gasteiger partial charge in [0.1, 0.15) is 0 Å². The van der Waals surface area contributed by atoms with Crippen molar-refractivity contribution in [3.8, 4) is 0 Å². The van der Waals surface area contributed by atoms with Crippen molar-refractivity contribution < 1.29 is 13.6 Å². The highest BCUT2D eigenvalue weighted by atomic mass is 19.2. The topological polar surface area (TPSA) is 35.6 Å². The van der Waals surface area contributed by atoms with Crippen LogP contribution in [0.2, 0.25) is 0 Å². The molecule has 3 heterocycles. The van der Waals surface area contributed by atoms with Crippen LogP contribution in [0.5, 0.6) is 0 Å². The zero-order chi connectivity index (χ0) is 16.0. The van der Waals surface area contributed by atoms with Crippen molar-refractivity contribution in [3.05, 3.63) is 29.8 Å². The van der Waals surface area contributed by atoms with Gasteiger partial charge in [-0.2, -0.15) is 0 Å². The van der Waals surface area contributed by atoms with E-state index in [9.17, 15) is 13.6 Å². The Kier molecular flexibility index (Phi) is 3.71. The molecule has 1 amide bonds. The number of hydrogen-bond donors (Lipinski definition) is 1. The summed E-state index contributed by atoms with van der Waals surface area (Å²) in [6, 6.07) is 4.61. The second-order valence-electron chi connectivity index (χ2n) is 6.88. The van der Waals surface area contributed by atoms with Gasteiger partial charge in [0.2, 0.25) is 5.91 Å². The highest BCUT2D eigenvalue weighted by molar-refractivity contribution is 5.81. The summed E-state index contributed by atoms with van der Waals surface area (Å²) in [5.41, 5.74) is 0.750. The molecule has 6 heteroatoms. The number of benzene rings is 1. The van der Waals surface area contributed by atoms with E-state index in [4.69, 9.17) is 0 Å². The number of nitrogens with one attached hydrogen (secondary N) is 1. The van der Waals surface area contributed by atoms with Gasteiger partial charge in [-0.05, 0) is 25.0 Å². The lowest BCUT2D eigenvalue weighted by Crippen LogP contribution is -2.45. The minimum Gasteiger partial charge on any atom is -0.371 e. The van der Waals surface area contributed by atoms with Crippen LogP contribution in [0.4, 0.5) is 14.5 Å². The summed E-state index contributed by atoms with van der Waals surface area (Å²) in [5.74, 6) is -0.754. The second-order valence-corrected chi connectivity index (χ2v) is 6.88. The predicted molar refractivity (Wildman–Crippen MR) is 83.2 cm³/mol. The van der Waals surface area contributed by atoms with Crippen molar-refractivity contribution in [1.29, 1.82) is 0 Å². The van der Waals surface area contributed by atoms with Crippen LogP contribution in [0.25, 0.3) is 0 Å². The first-order valence-electron chi connectivity index (χ1n) is 8.33.